The molecule has 0 radical (unpaired) electrons. The van der Waals surface area contributed by atoms with Gasteiger partial charge in [-0.25, -0.2) is 12.8 Å². The van der Waals surface area contributed by atoms with Gasteiger partial charge in [-0.05, 0) is 38.4 Å². The molecule has 1 aliphatic rings. The fourth-order valence-corrected chi connectivity index (χ4v) is 4.34. The molecule has 1 heterocycles. The third-order valence-corrected chi connectivity index (χ3v) is 5.48. The predicted molar refractivity (Wildman–Crippen MR) is 72.0 cm³/mol. The van der Waals surface area contributed by atoms with Gasteiger partial charge in [0.15, 0.2) is 0 Å². The standard InChI is InChI=1S/C13H19FN2O2S/c1-10-5-3-7-12(13(10)14)19(17,18)16-8-4-6-11(16)9-15-2/h3,5,7,11,15H,4,6,8-9H2,1-2H3. The van der Waals surface area contributed by atoms with E-state index in [1.165, 1.54) is 10.4 Å². The summed E-state index contributed by atoms with van der Waals surface area (Å²) in [6, 6.07) is 4.40. The van der Waals surface area contributed by atoms with Crippen LogP contribution in [0.4, 0.5) is 4.39 Å². The molecule has 1 atom stereocenters. The number of nitrogens with zero attached hydrogens (tertiary/aromatic N) is 1. The van der Waals surface area contributed by atoms with E-state index in [0.717, 1.165) is 12.8 Å². The molecule has 2 rings (SSSR count). The number of sulfonamides is 1. The number of rotatable bonds is 4. The predicted octanol–water partition coefficient (Wildman–Crippen LogP) is 1.51. The average Bonchev–Trinajstić information content (AvgIpc) is 2.82. The Morgan fingerprint density at radius 1 is 1.47 bits per heavy atom. The van der Waals surface area contributed by atoms with Crippen LogP contribution in [0.2, 0.25) is 0 Å². The fraction of sp³-hybridized carbons (Fsp3) is 0.538. The molecule has 0 bridgehead atoms. The lowest BCUT2D eigenvalue weighted by atomic mass is 10.2. The van der Waals surface area contributed by atoms with Crippen molar-refractivity contribution in [3.63, 3.8) is 0 Å². The normalized spacial score (nSPS) is 20.9. The van der Waals surface area contributed by atoms with E-state index in [4.69, 9.17) is 0 Å². The molecule has 1 aromatic rings. The molecule has 0 aliphatic carbocycles. The molecule has 4 nitrogen and oxygen atoms in total. The van der Waals surface area contributed by atoms with Gasteiger partial charge in [0.1, 0.15) is 10.7 Å². The molecule has 1 fully saturated rings. The first kappa shape index (κ1) is 14.4. The van der Waals surface area contributed by atoms with Crippen molar-refractivity contribution in [1.82, 2.24) is 9.62 Å². The zero-order chi connectivity index (χ0) is 14.0. The Hall–Kier alpha value is -0.980. The van der Waals surface area contributed by atoms with Gasteiger partial charge < -0.3 is 5.32 Å². The highest BCUT2D eigenvalue weighted by Gasteiger charge is 2.36. The summed E-state index contributed by atoms with van der Waals surface area (Å²) in [5.74, 6) is -0.641. The maximum atomic E-state index is 14.0. The van der Waals surface area contributed by atoms with Crippen LogP contribution >= 0.6 is 0 Å². The van der Waals surface area contributed by atoms with Crippen molar-refractivity contribution in [2.45, 2.75) is 30.7 Å². The summed E-state index contributed by atoms with van der Waals surface area (Å²) in [5, 5.41) is 2.99. The fourth-order valence-electron chi connectivity index (χ4n) is 2.51. The van der Waals surface area contributed by atoms with Crippen molar-refractivity contribution in [3.8, 4) is 0 Å². The molecular formula is C13H19FN2O2S. The van der Waals surface area contributed by atoms with Crippen LogP contribution in [0.3, 0.4) is 0 Å². The SMILES string of the molecule is CNCC1CCCN1S(=O)(=O)c1cccc(C)c1F. The average molecular weight is 286 g/mol. The molecule has 19 heavy (non-hydrogen) atoms. The number of halogens is 1. The first-order valence-corrected chi connectivity index (χ1v) is 7.84. The Morgan fingerprint density at radius 3 is 2.89 bits per heavy atom. The maximum Gasteiger partial charge on any atom is 0.246 e. The Labute approximate surface area is 113 Å². The van der Waals surface area contributed by atoms with Crippen molar-refractivity contribution in [3.05, 3.63) is 29.6 Å². The summed E-state index contributed by atoms with van der Waals surface area (Å²) in [6.45, 7) is 2.62. The van der Waals surface area contributed by atoms with Gasteiger partial charge in [-0.2, -0.15) is 4.31 Å². The van der Waals surface area contributed by atoms with Crippen LogP contribution in [-0.2, 0) is 10.0 Å². The zero-order valence-corrected chi connectivity index (χ0v) is 12.0. The molecule has 106 valence electrons. The van der Waals surface area contributed by atoms with Crippen molar-refractivity contribution in [2.75, 3.05) is 20.1 Å². The quantitative estimate of drug-likeness (QED) is 0.912. The summed E-state index contributed by atoms with van der Waals surface area (Å²) in [5.41, 5.74) is 0.352. The van der Waals surface area contributed by atoms with Crippen molar-refractivity contribution in [1.29, 1.82) is 0 Å². The van der Waals surface area contributed by atoms with Gasteiger partial charge in [0.2, 0.25) is 10.0 Å². The van der Waals surface area contributed by atoms with Crippen LogP contribution < -0.4 is 5.32 Å². The molecule has 0 amide bonds. The Bertz CT molecular complexity index is 560. The van der Waals surface area contributed by atoms with Crippen LogP contribution in [0, 0.1) is 12.7 Å². The highest BCUT2D eigenvalue weighted by atomic mass is 32.2. The lowest BCUT2D eigenvalue weighted by molar-refractivity contribution is 0.376. The van der Waals surface area contributed by atoms with E-state index < -0.39 is 15.8 Å². The monoisotopic (exact) mass is 286 g/mol. The molecule has 0 spiro atoms. The summed E-state index contributed by atoms with van der Waals surface area (Å²) >= 11 is 0. The van der Waals surface area contributed by atoms with Crippen molar-refractivity contribution < 1.29 is 12.8 Å². The first-order chi connectivity index (χ1) is 8.98. The zero-order valence-electron chi connectivity index (χ0n) is 11.2. The third kappa shape index (κ3) is 2.66. The van der Waals surface area contributed by atoms with Gasteiger partial charge in [0.25, 0.3) is 0 Å². The minimum atomic E-state index is -3.74. The second kappa shape index (κ2) is 5.56. The number of benzene rings is 1. The largest absolute Gasteiger partial charge is 0.318 e. The highest BCUT2D eigenvalue weighted by Crippen LogP contribution is 2.28. The van der Waals surface area contributed by atoms with Gasteiger partial charge in [-0.1, -0.05) is 12.1 Å². The number of hydrogen-bond donors (Lipinski definition) is 1. The Morgan fingerprint density at radius 2 is 2.21 bits per heavy atom. The van der Waals surface area contributed by atoms with Crippen LogP contribution in [-0.4, -0.2) is 38.9 Å². The molecule has 1 saturated heterocycles. The van der Waals surface area contributed by atoms with E-state index in [-0.39, 0.29) is 10.9 Å². The summed E-state index contributed by atoms with van der Waals surface area (Å²) in [4.78, 5) is -0.212. The van der Waals surface area contributed by atoms with Crippen LogP contribution in [0.5, 0.6) is 0 Å². The minimum absolute atomic E-state index is 0.0880. The second-order valence-electron chi connectivity index (χ2n) is 4.86. The second-order valence-corrected chi connectivity index (χ2v) is 6.72. The Balaban J connectivity index is 2.39. The molecule has 1 aliphatic heterocycles. The van der Waals surface area contributed by atoms with Crippen molar-refractivity contribution in [2.24, 2.45) is 0 Å². The van der Waals surface area contributed by atoms with Gasteiger partial charge >= 0.3 is 0 Å². The van der Waals surface area contributed by atoms with Crippen molar-refractivity contribution >= 4 is 10.0 Å². The number of aryl methyl sites for hydroxylation is 1. The molecular weight excluding hydrogens is 267 g/mol. The van der Waals surface area contributed by atoms with E-state index in [0.29, 0.717) is 18.7 Å². The Kier molecular flexibility index (Phi) is 4.23. The minimum Gasteiger partial charge on any atom is -0.318 e. The molecule has 1 N–H and O–H groups in total. The van der Waals surface area contributed by atoms with Gasteiger partial charge in [-0.3, -0.25) is 0 Å². The molecule has 1 unspecified atom stereocenters. The number of hydrogen-bond acceptors (Lipinski definition) is 3. The molecule has 6 heteroatoms. The first-order valence-electron chi connectivity index (χ1n) is 6.40. The lowest BCUT2D eigenvalue weighted by Crippen LogP contribution is -2.41. The molecule has 0 saturated carbocycles. The topological polar surface area (TPSA) is 49.4 Å². The van der Waals surface area contributed by atoms with E-state index in [1.54, 1.807) is 26.1 Å². The number of nitrogens with one attached hydrogen (secondary N) is 1. The van der Waals surface area contributed by atoms with Crippen LogP contribution in [0.15, 0.2) is 23.1 Å². The van der Waals surface area contributed by atoms with Crippen LogP contribution in [0.1, 0.15) is 18.4 Å². The lowest BCUT2D eigenvalue weighted by Gasteiger charge is -2.24. The van der Waals surface area contributed by atoms with Gasteiger partial charge in [-0.15, -0.1) is 0 Å². The smallest absolute Gasteiger partial charge is 0.246 e. The van der Waals surface area contributed by atoms with Gasteiger partial charge in [0.05, 0.1) is 0 Å². The van der Waals surface area contributed by atoms with Gasteiger partial charge in [0, 0.05) is 19.1 Å². The highest BCUT2D eigenvalue weighted by molar-refractivity contribution is 7.89. The van der Waals surface area contributed by atoms with E-state index in [9.17, 15) is 12.8 Å². The van der Waals surface area contributed by atoms with Crippen LogP contribution in [0.25, 0.3) is 0 Å². The number of likely N-dealkylation sites (N-methyl/N-ethyl adjacent to an activating group) is 1. The van der Waals surface area contributed by atoms with E-state index in [1.807, 2.05) is 0 Å². The van der Waals surface area contributed by atoms with E-state index in [2.05, 4.69) is 5.32 Å². The summed E-state index contributed by atoms with van der Waals surface area (Å²) in [7, 11) is -1.96. The molecule has 0 aromatic heterocycles. The third-order valence-electron chi connectivity index (χ3n) is 3.51. The maximum absolute atomic E-state index is 14.0. The summed E-state index contributed by atoms with van der Waals surface area (Å²) < 4.78 is 40.6. The van der Waals surface area contributed by atoms with E-state index >= 15 is 0 Å². The molecule has 1 aromatic carbocycles. The summed E-state index contributed by atoms with van der Waals surface area (Å²) in [6.07, 6.45) is 1.63.